The second kappa shape index (κ2) is 9.94. The zero-order valence-electron chi connectivity index (χ0n) is 18.9. The summed E-state index contributed by atoms with van der Waals surface area (Å²) in [4.78, 5) is 37.7. The Kier molecular flexibility index (Phi) is 7.45. The molecule has 0 spiro atoms. The molecule has 0 aliphatic rings. The first-order valence-electron chi connectivity index (χ1n) is 10.5. The lowest BCUT2D eigenvalue weighted by Crippen LogP contribution is -2.28. The summed E-state index contributed by atoms with van der Waals surface area (Å²) in [5, 5.41) is 0.996. The van der Waals surface area contributed by atoms with Crippen molar-refractivity contribution in [2.45, 2.75) is 45.8 Å². The Bertz CT molecular complexity index is 1240. The highest BCUT2D eigenvalue weighted by Gasteiger charge is 2.19. The van der Waals surface area contributed by atoms with Gasteiger partial charge in [0, 0.05) is 34.3 Å². The van der Waals surface area contributed by atoms with Crippen LogP contribution in [0.5, 0.6) is 0 Å². The van der Waals surface area contributed by atoms with Crippen molar-refractivity contribution in [2.24, 2.45) is 0 Å². The molecule has 7 heteroatoms. The summed E-state index contributed by atoms with van der Waals surface area (Å²) in [6, 6.07) is 14.3. The Morgan fingerprint density at radius 3 is 2.27 bits per heavy atom. The van der Waals surface area contributed by atoms with Gasteiger partial charge in [0.15, 0.2) is 5.78 Å². The molecule has 0 aliphatic heterocycles. The first-order chi connectivity index (χ1) is 15.4. The molecule has 0 amide bonds. The van der Waals surface area contributed by atoms with E-state index in [0.29, 0.717) is 26.7 Å². The first kappa shape index (κ1) is 24.7. The van der Waals surface area contributed by atoms with Crippen molar-refractivity contribution in [1.29, 1.82) is 0 Å². The number of carbonyl (C=O) groups excluding carboxylic acids is 2. The van der Waals surface area contributed by atoms with Gasteiger partial charge in [0.05, 0.1) is 11.6 Å². The molecule has 3 rings (SSSR count). The number of aromatic nitrogens is 1. The lowest BCUT2D eigenvalue weighted by Gasteiger charge is -2.19. The van der Waals surface area contributed by atoms with Crippen LogP contribution in [0.3, 0.4) is 0 Å². The van der Waals surface area contributed by atoms with Crippen LogP contribution in [0.15, 0.2) is 65.6 Å². The van der Waals surface area contributed by atoms with Gasteiger partial charge in [0.25, 0.3) is 5.56 Å². The maximum Gasteiger partial charge on any atom is 0.338 e. The molecule has 1 unspecified atom stereocenters. The fraction of sp³-hybridized carbons (Fsp3) is 0.269. The predicted molar refractivity (Wildman–Crippen MR) is 131 cm³/mol. The molecular weight excluding hydrogens is 461 g/mol. The number of rotatable bonds is 6. The van der Waals surface area contributed by atoms with Gasteiger partial charge < -0.3 is 9.30 Å². The molecule has 2 aromatic carbocycles. The van der Waals surface area contributed by atoms with Crippen molar-refractivity contribution in [2.75, 3.05) is 0 Å². The zero-order valence-corrected chi connectivity index (χ0v) is 20.4. The summed E-state index contributed by atoms with van der Waals surface area (Å²) in [7, 11) is 0. The zero-order chi connectivity index (χ0) is 24.3. The molecule has 0 bridgehead atoms. The van der Waals surface area contributed by atoms with Crippen LogP contribution >= 0.6 is 23.2 Å². The van der Waals surface area contributed by atoms with Gasteiger partial charge in [-0.05, 0) is 75.2 Å². The number of hydrogen-bond acceptors (Lipinski definition) is 4. The van der Waals surface area contributed by atoms with E-state index >= 15 is 0 Å². The topological polar surface area (TPSA) is 65.4 Å². The number of nitrogens with zero attached hydrogens (tertiary/aromatic N) is 1. The molecule has 5 nitrogen and oxygen atoms in total. The number of benzene rings is 2. The minimum absolute atomic E-state index is 0.129. The third-order valence-electron chi connectivity index (χ3n) is 5.04. The quantitative estimate of drug-likeness (QED) is 0.392. The van der Waals surface area contributed by atoms with E-state index in [2.05, 4.69) is 0 Å². The SMILES string of the molecule is CC(C(=O)Cc1ccc(C(=O)OC(C)(C)C)cc1)n1ccc(-c2cc(Cl)ccc2Cl)cc1=O. The van der Waals surface area contributed by atoms with E-state index in [1.807, 2.05) is 0 Å². The Balaban J connectivity index is 1.73. The first-order valence-corrected chi connectivity index (χ1v) is 11.2. The van der Waals surface area contributed by atoms with E-state index in [1.165, 1.54) is 10.6 Å². The summed E-state index contributed by atoms with van der Waals surface area (Å²) in [6.45, 7) is 7.09. The fourth-order valence-corrected chi connectivity index (χ4v) is 3.69. The van der Waals surface area contributed by atoms with Crippen molar-refractivity contribution in [3.05, 3.63) is 92.3 Å². The molecule has 0 aliphatic carbocycles. The predicted octanol–water partition coefficient (Wildman–Crippen LogP) is 6.15. The van der Waals surface area contributed by atoms with E-state index in [4.69, 9.17) is 27.9 Å². The molecule has 0 radical (unpaired) electrons. The van der Waals surface area contributed by atoms with Crippen LogP contribution in [0.25, 0.3) is 11.1 Å². The fourth-order valence-electron chi connectivity index (χ4n) is 3.30. The molecular formula is C26H25Cl2NO4. The summed E-state index contributed by atoms with van der Waals surface area (Å²) in [5.41, 5.74) is 1.54. The number of Topliss-reactive ketones (excluding diaryl/α,β-unsaturated/α-hetero) is 1. The smallest absolute Gasteiger partial charge is 0.338 e. The molecule has 3 aromatic rings. The van der Waals surface area contributed by atoms with Gasteiger partial charge in [-0.3, -0.25) is 9.59 Å². The standard InChI is InChI=1S/C26H25Cl2NO4/c1-16(23(30)13-17-5-7-18(8-6-17)25(32)33-26(2,3)4)29-12-11-19(14-24(29)31)21-15-20(27)9-10-22(21)28/h5-12,14-16H,13H2,1-4H3. The van der Waals surface area contributed by atoms with Gasteiger partial charge in [-0.25, -0.2) is 4.79 Å². The van der Waals surface area contributed by atoms with Crippen LogP contribution in [0.2, 0.25) is 10.0 Å². The highest BCUT2D eigenvalue weighted by molar-refractivity contribution is 6.35. The monoisotopic (exact) mass is 485 g/mol. The van der Waals surface area contributed by atoms with Gasteiger partial charge in [-0.15, -0.1) is 0 Å². The lowest BCUT2D eigenvalue weighted by molar-refractivity contribution is -0.121. The number of carbonyl (C=O) groups is 2. The van der Waals surface area contributed by atoms with Crippen LogP contribution in [-0.4, -0.2) is 21.9 Å². The number of hydrogen-bond donors (Lipinski definition) is 0. The Morgan fingerprint density at radius 2 is 1.67 bits per heavy atom. The third-order valence-corrected chi connectivity index (χ3v) is 5.60. The van der Waals surface area contributed by atoms with Gasteiger partial charge in [-0.1, -0.05) is 35.3 Å². The van der Waals surface area contributed by atoms with Gasteiger partial charge in [0.1, 0.15) is 5.60 Å². The van der Waals surface area contributed by atoms with Crippen LogP contribution in [0.1, 0.15) is 49.7 Å². The van der Waals surface area contributed by atoms with Crippen molar-refractivity contribution in [1.82, 2.24) is 4.57 Å². The van der Waals surface area contributed by atoms with Crippen LogP contribution in [-0.2, 0) is 16.0 Å². The molecule has 0 saturated heterocycles. The summed E-state index contributed by atoms with van der Waals surface area (Å²) >= 11 is 12.3. The number of esters is 1. The van der Waals surface area contributed by atoms with E-state index in [9.17, 15) is 14.4 Å². The van der Waals surface area contributed by atoms with Crippen molar-refractivity contribution >= 4 is 35.0 Å². The van der Waals surface area contributed by atoms with Crippen molar-refractivity contribution in [3.63, 3.8) is 0 Å². The maximum atomic E-state index is 12.8. The third kappa shape index (κ3) is 6.34. The van der Waals surface area contributed by atoms with Gasteiger partial charge >= 0.3 is 5.97 Å². The minimum Gasteiger partial charge on any atom is -0.456 e. The molecule has 172 valence electrons. The number of ketones is 1. The van der Waals surface area contributed by atoms with E-state index in [1.54, 1.807) is 82.4 Å². The molecule has 1 atom stereocenters. The Morgan fingerprint density at radius 1 is 1.00 bits per heavy atom. The average Bonchev–Trinajstić information content (AvgIpc) is 2.74. The molecule has 1 heterocycles. The van der Waals surface area contributed by atoms with E-state index in [-0.39, 0.29) is 17.8 Å². The summed E-state index contributed by atoms with van der Waals surface area (Å²) < 4.78 is 6.74. The molecule has 0 fully saturated rings. The highest BCUT2D eigenvalue weighted by atomic mass is 35.5. The summed E-state index contributed by atoms with van der Waals surface area (Å²) in [6.07, 6.45) is 1.72. The Labute approximate surface area is 202 Å². The van der Waals surface area contributed by atoms with Crippen molar-refractivity contribution < 1.29 is 14.3 Å². The Hall–Kier alpha value is -2.89. The van der Waals surface area contributed by atoms with E-state index < -0.39 is 17.6 Å². The van der Waals surface area contributed by atoms with Gasteiger partial charge in [-0.2, -0.15) is 0 Å². The van der Waals surface area contributed by atoms with E-state index in [0.717, 1.165) is 5.56 Å². The second-order valence-electron chi connectivity index (χ2n) is 8.80. The molecule has 0 saturated carbocycles. The number of halogens is 2. The molecule has 33 heavy (non-hydrogen) atoms. The normalized spacial score (nSPS) is 12.3. The molecule has 0 N–H and O–H groups in total. The minimum atomic E-state index is -0.660. The average molecular weight is 486 g/mol. The second-order valence-corrected chi connectivity index (χ2v) is 9.65. The van der Waals surface area contributed by atoms with Gasteiger partial charge in [0.2, 0.25) is 0 Å². The lowest BCUT2D eigenvalue weighted by atomic mass is 10.0. The van der Waals surface area contributed by atoms with Crippen LogP contribution in [0, 0.1) is 0 Å². The van der Waals surface area contributed by atoms with Crippen LogP contribution in [0.4, 0.5) is 0 Å². The van der Waals surface area contributed by atoms with Crippen LogP contribution < -0.4 is 5.56 Å². The molecule has 1 aromatic heterocycles. The maximum absolute atomic E-state index is 12.8. The largest absolute Gasteiger partial charge is 0.456 e. The highest BCUT2D eigenvalue weighted by Crippen LogP contribution is 2.30. The van der Waals surface area contributed by atoms with Crippen molar-refractivity contribution in [3.8, 4) is 11.1 Å². The summed E-state index contributed by atoms with van der Waals surface area (Å²) in [5.74, 6) is -0.546. The number of pyridine rings is 1. The number of ether oxygens (including phenoxy) is 1.